The van der Waals surface area contributed by atoms with E-state index in [-0.39, 0.29) is 6.04 Å². The van der Waals surface area contributed by atoms with E-state index in [4.69, 9.17) is 22.1 Å². The zero-order valence-corrected chi connectivity index (χ0v) is 12.5. The number of ether oxygens (including phenoxy) is 1. The molecule has 1 heterocycles. The molecular formula is C13H18BrClN2O. The van der Waals surface area contributed by atoms with Crippen molar-refractivity contribution in [2.24, 2.45) is 5.73 Å². The Bertz CT molecular complexity index is 397. The molecule has 1 saturated heterocycles. The summed E-state index contributed by atoms with van der Waals surface area (Å²) in [5.41, 5.74) is 6.97. The van der Waals surface area contributed by atoms with Gasteiger partial charge in [-0.15, -0.1) is 0 Å². The Hall–Kier alpha value is -0.130. The predicted molar refractivity (Wildman–Crippen MR) is 77.9 cm³/mol. The van der Waals surface area contributed by atoms with Crippen molar-refractivity contribution in [1.29, 1.82) is 0 Å². The maximum Gasteiger partial charge on any atom is 0.0700 e. The molecule has 18 heavy (non-hydrogen) atoms. The van der Waals surface area contributed by atoms with Gasteiger partial charge in [0.25, 0.3) is 0 Å². The second-order valence-electron chi connectivity index (χ2n) is 4.51. The van der Waals surface area contributed by atoms with Gasteiger partial charge in [-0.25, -0.2) is 0 Å². The number of halogens is 2. The van der Waals surface area contributed by atoms with Crippen LogP contribution in [-0.4, -0.2) is 25.8 Å². The number of hydrogen-bond donors (Lipinski definition) is 2. The molecule has 100 valence electrons. The summed E-state index contributed by atoms with van der Waals surface area (Å²) in [6.07, 6.45) is 2.62. The zero-order chi connectivity index (χ0) is 13.0. The van der Waals surface area contributed by atoms with Gasteiger partial charge in [0.05, 0.1) is 11.1 Å². The lowest BCUT2D eigenvalue weighted by atomic mass is 10.1. The van der Waals surface area contributed by atoms with Crippen molar-refractivity contribution in [2.75, 3.05) is 19.7 Å². The molecule has 2 rings (SSSR count). The SMILES string of the molecule is NCC(NCC1CCCO1)c1ccc(Cl)c(Br)c1. The maximum atomic E-state index is 5.99. The van der Waals surface area contributed by atoms with Gasteiger partial charge in [-0.2, -0.15) is 0 Å². The summed E-state index contributed by atoms with van der Waals surface area (Å²) < 4.78 is 6.49. The Kier molecular flexibility index (Phi) is 5.45. The van der Waals surface area contributed by atoms with Gasteiger partial charge in [0.2, 0.25) is 0 Å². The van der Waals surface area contributed by atoms with Gasteiger partial charge in [-0.1, -0.05) is 17.7 Å². The highest BCUT2D eigenvalue weighted by Crippen LogP contribution is 2.26. The van der Waals surface area contributed by atoms with Crippen LogP contribution in [0.2, 0.25) is 5.02 Å². The molecular weight excluding hydrogens is 316 g/mol. The van der Waals surface area contributed by atoms with Crippen LogP contribution in [0.15, 0.2) is 22.7 Å². The Labute approximate surface area is 121 Å². The van der Waals surface area contributed by atoms with Crippen molar-refractivity contribution in [3.05, 3.63) is 33.3 Å². The fourth-order valence-corrected chi connectivity index (χ4v) is 2.66. The van der Waals surface area contributed by atoms with E-state index in [1.807, 2.05) is 18.2 Å². The van der Waals surface area contributed by atoms with Crippen LogP contribution >= 0.6 is 27.5 Å². The Morgan fingerprint density at radius 1 is 1.56 bits per heavy atom. The van der Waals surface area contributed by atoms with Gasteiger partial charge in [-0.3, -0.25) is 0 Å². The molecule has 0 spiro atoms. The number of rotatable bonds is 5. The second kappa shape index (κ2) is 6.87. The van der Waals surface area contributed by atoms with Crippen molar-refractivity contribution in [3.8, 4) is 0 Å². The minimum Gasteiger partial charge on any atom is -0.377 e. The maximum absolute atomic E-state index is 5.99. The van der Waals surface area contributed by atoms with E-state index in [0.717, 1.165) is 36.0 Å². The third-order valence-corrected chi connectivity index (χ3v) is 4.41. The van der Waals surface area contributed by atoms with Crippen molar-refractivity contribution in [2.45, 2.75) is 25.0 Å². The van der Waals surface area contributed by atoms with Crippen molar-refractivity contribution >= 4 is 27.5 Å². The van der Waals surface area contributed by atoms with Crippen molar-refractivity contribution in [1.82, 2.24) is 5.32 Å². The van der Waals surface area contributed by atoms with Crippen molar-refractivity contribution < 1.29 is 4.74 Å². The minimum absolute atomic E-state index is 0.141. The van der Waals surface area contributed by atoms with Crippen LogP contribution < -0.4 is 11.1 Å². The largest absolute Gasteiger partial charge is 0.377 e. The zero-order valence-electron chi connectivity index (χ0n) is 10.2. The van der Waals surface area contributed by atoms with Gasteiger partial charge < -0.3 is 15.8 Å². The Morgan fingerprint density at radius 3 is 3.00 bits per heavy atom. The molecule has 0 amide bonds. The molecule has 1 fully saturated rings. The molecule has 3 N–H and O–H groups in total. The summed E-state index contributed by atoms with van der Waals surface area (Å²) >= 11 is 9.43. The molecule has 1 aromatic rings. The molecule has 1 aromatic carbocycles. The molecule has 2 atom stereocenters. The lowest BCUT2D eigenvalue weighted by Crippen LogP contribution is -2.34. The Morgan fingerprint density at radius 2 is 2.39 bits per heavy atom. The quantitative estimate of drug-likeness (QED) is 0.871. The number of hydrogen-bond acceptors (Lipinski definition) is 3. The van der Waals surface area contributed by atoms with Crippen LogP contribution in [0.25, 0.3) is 0 Å². The van der Waals surface area contributed by atoms with Crippen molar-refractivity contribution in [3.63, 3.8) is 0 Å². The second-order valence-corrected chi connectivity index (χ2v) is 5.77. The topological polar surface area (TPSA) is 47.3 Å². The highest BCUT2D eigenvalue weighted by Gasteiger charge is 2.17. The monoisotopic (exact) mass is 332 g/mol. The molecule has 3 nitrogen and oxygen atoms in total. The molecule has 1 aliphatic heterocycles. The van der Waals surface area contributed by atoms with Crippen LogP contribution in [0.3, 0.4) is 0 Å². The third kappa shape index (κ3) is 3.68. The lowest BCUT2D eigenvalue weighted by molar-refractivity contribution is 0.107. The summed E-state index contributed by atoms with van der Waals surface area (Å²) in [6.45, 7) is 2.29. The smallest absolute Gasteiger partial charge is 0.0700 e. The van der Waals surface area contributed by atoms with Crippen LogP contribution in [-0.2, 0) is 4.74 Å². The first-order chi connectivity index (χ1) is 8.70. The van der Waals surface area contributed by atoms with E-state index in [9.17, 15) is 0 Å². The fraction of sp³-hybridized carbons (Fsp3) is 0.538. The Balaban J connectivity index is 1.96. The van der Waals surface area contributed by atoms with Gasteiger partial charge >= 0.3 is 0 Å². The summed E-state index contributed by atoms with van der Waals surface area (Å²) in [4.78, 5) is 0. The average molecular weight is 334 g/mol. The number of benzene rings is 1. The van der Waals surface area contributed by atoms with E-state index in [0.29, 0.717) is 17.7 Å². The first kappa shape index (κ1) is 14.3. The summed E-state index contributed by atoms with van der Waals surface area (Å²) in [7, 11) is 0. The van der Waals surface area contributed by atoms with Crippen LogP contribution in [0.1, 0.15) is 24.4 Å². The molecule has 2 unspecified atom stereocenters. The van der Waals surface area contributed by atoms with Gasteiger partial charge in [0.15, 0.2) is 0 Å². The molecule has 0 aromatic heterocycles. The minimum atomic E-state index is 0.141. The first-order valence-corrected chi connectivity index (χ1v) is 7.38. The summed E-state index contributed by atoms with van der Waals surface area (Å²) in [6, 6.07) is 6.05. The van der Waals surface area contributed by atoms with E-state index in [1.165, 1.54) is 0 Å². The highest BCUT2D eigenvalue weighted by molar-refractivity contribution is 9.10. The van der Waals surface area contributed by atoms with E-state index >= 15 is 0 Å². The standard InChI is InChI=1S/C13H18BrClN2O/c14-11-6-9(3-4-12(11)15)13(7-16)17-8-10-2-1-5-18-10/h3-4,6,10,13,17H,1-2,5,7-8,16H2. The molecule has 1 aliphatic rings. The van der Waals surface area contributed by atoms with Gasteiger partial charge in [0, 0.05) is 30.2 Å². The molecule has 0 saturated carbocycles. The van der Waals surface area contributed by atoms with Crippen LogP contribution in [0.4, 0.5) is 0 Å². The van der Waals surface area contributed by atoms with E-state index in [2.05, 4.69) is 21.2 Å². The number of nitrogens with one attached hydrogen (secondary N) is 1. The summed E-state index contributed by atoms with van der Waals surface area (Å²) in [5.74, 6) is 0. The third-order valence-electron chi connectivity index (χ3n) is 3.20. The van der Waals surface area contributed by atoms with Crippen LogP contribution in [0, 0.1) is 0 Å². The molecule has 5 heteroatoms. The summed E-state index contributed by atoms with van der Waals surface area (Å²) in [5, 5.41) is 4.18. The normalized spacial score (nSPS) is 21.2. The predicted octanol–water partition coefficient (Wildman–Crippen LogP) is 2.87. The van der Waals surface area contributed by atoms with E-state index < -0.39 is 0 Å². The van der Waals surface area contributed by atoms with Gasteiger partial charge in [-0.05, 0) is 46.5 Å². The number of nitrogens with two attached hydrogens (primary N) is 1. The van der Waals surface area contributed by atoms with Gasteiger partial charge in [0.1, 0.15) is 0 Å². The average Bonchev–Trinajstić information content (AvgIpc) is 2.87. The molecule has 0 radical (unpaired) electrons. The van der Waals surface area contributed by atoms with E-state index in [1.54, 1.807) is 0 Å². The van der Waals surface area contributed by atoms with Crippen LogP contribution in [0.5, 0.6) is 0 Å². The highest BCUT2D eigenvalue weighted by atomic mass is 79.9. The first-order valence-electron chi connectivity index (χ1n) is 6.20. The fourth-order valence-electron chi connectivity index (χ4n) is 2.15. The molecule has 0 aliphatic carbocycles. The molecule has 0 bridgehead atoms. The lowest BCUT2D eigenvalue weighted by Gasteiger charge is -2.20.